The standard InChI is InChI=1S/C26H27N3O4S/c1-16(2)33-22(30)15-34-26-19(14-27)24(18-10-6-5-7-11-18)23(17(3)28-26)25(31)29-20-12-8-9-13-21(20)32-4/h5-13,16,24,28H,15H2,1-4H3,(H,29,31). The Kier molecular flexibility index (Phi) is 8.39. The number of methoxy groups -OCH3 is 1. The minimum absolute atomic E-state index is 0.0449. The zero-order valence-corrected chi connectivity index (χ0v) is 20.4. The molecule has 176 valence electrons. The molecule has 7 nitrogen and oxygen atoms in total. The molecule has 0 radical (unpaired) electrons. The van der Waals surface area contributed by atoms with E-state index in [2.05, 4.69) is 16.7 Å². The number of benzene rings is 2. The van der Waals surface area contributed by atoms with Crippen LogP contribution in [-0.2, 0) is 14.3 Å². The molecule has 1 atom stereocenters. The number of hydrogen-bond donors (Lipinski definition) is 2. The molecule has 3 rings (SSSR count). The number of carbonyl (C=O) groups excluding carboxylic acids is 2. The highest BCUT2D eigenvalue weighted by atomic mass is 32.2. The van der Waals surface area contributed by atoms with Gasteiger partial charge < -0.3 is 20.1 Å². The fourth-order valence-corrected chi connectivity index (χ4v) is 4.55. The van der Waals surface area contributed by atoms with Crippen molar-refractivity contribution in [3.63, 3.8) is 0 Å². The Bertz CT molecular complexity index is 1170. The van der Waals surface area contributed by atoms with Gasteiger partial charge in [-0.15, -0.1) is 0 Å². The van der Waals surface area contributed by atoms with Gasteiger partial charge in [0, 0.05) is 11.3 Å². The summed E-state index contributed by atoms with van der Waals surface area (Å²) in [5.74, 6) is -0.747. The van der Waals surface area contributed by atoms with E-state index in [1.54, 1.807) is 39.0 Å². The fourth-order valence-electron chi connectivity index (χ4n) is 3.67. The predicted molar refractivity (Wildman–Crippen MR) is 133 cm³/mol. The van der Waals surface area contributed by atoms with Gasteiger partial charge in [0.2, 0.25) is 0 Å². The SMILES string of the molecule is COc1ccccc1NC(=O)C1=C(C)NC(SCC(=O)OC(C)C)=C(C#N)C1c1ccccc1. The van der Waals surface area contributed by atoms with Crippen LogP contribution in [-0.4, -0.2) is 30.8 Å². The summed E-state index contributed by atoms with van der Waals surface area (Å²) in [5, 5.41) is 16.7. The maximum Gasteiger partial charge on any atom is 0.316 e. The first-order chi connectivity index (χ1) is 16.3. The molecular formula is C26H27N3O4S. The molecule has 1 aliphatic rings. The minimum Gasteiger partial charge on any atom is -0.495 e. The van der Waals surface area contributed by atoms with Crippen LogP contribution in [0, 0.1) is 11.3 Å². The van der Waals surface area contributed by atoms with Crippen molar-refractivity contribution in [3.8, 4) is 11.8 Å². The molecule has 8 heteroatoms. The molecule has 34 heavy (non-hydrogen) atoms. The smallest absolute Gasteiger partial charge is 0.316 e. The van der Waals surface area contributed by atoms with E-state index in [4.69, 9.17) is 9.47 Å². The summed E-state index contributed by atoms with van der Waals surface area (Å²) in [6.45, 7) is 5.35. The molecule has 2 aromatic rings. The summed E-state index contributed by atoms with van der Waals surface area (Å²) in [6, 6.07) is 18.8. The monoisotopic (exact) mass is 477 g/mol. The largest absolute Gasteiger partial charge is 0.495 e. The van der Waals surface area contributed by atoms with Gasteiger partial charge in [0.05, 0.1) is 47.2 Å². The summed E-state index contributed by atoms with van der Waals surface area (Å²) >= 11 is 1.19. The summed E-state index contributed by atoms with van der Waals surface area (Å²) < 4.78 is 10.6. The van der Waals surface area contributed by atoms with E-state index in [9.17, 15) is 14.9 Å². The van der Waals surface area contributed by atoms with Gasteiger partial charge in [-0.25, -0.2) is 0 Å². The number of esters is 1. The van der Waals surface area contributed by atoms with Crippen molar-refractivity contribution in [2.24, 2.45) is 0 Å². The van der Waals surface area contributed by atoms with E-state index < -0.39 is 5.92 Å². The molecule has 1 unspecified atom stereocenters. The lowest BCUT2D eigenvalue weighted by Crippen LogP contribution is -2.31. The van der Waals surface area contributed by atoms with Gasteiger partial charge in [-0.1, -0.05) is 54.2 Å². The minimum atomic E-state index is -0.606. The van der Waals surface area contributed by atoms with E-state index in [-0.39, 0.29) is 23.7 Å². The second kappa shape index (κ2) is 11.4. The first-order valence-corrected chi connectivity index (χ1v) is 11.8. The van der Waals surface area contributed by atoms with Crippen molar-refractivity contribution in [2.45, 2.75) is 32.8 Å². The highest BCUT2D eigenvalue weighted by molar-refractivity contribution is 8.03. The zero-order chi connectivity index (χ0) is 24.7. The second-order valence-corrected chi connectivity index (χ2v) is 8.83. The third-order valence-electron chi connectivity index (χ3n) is 5.08. The van der Waals surface area contributed by atoms with Crippen LogP contribution in [0.2, 0.25) is 0 Å². The van der Waals surface area contributed by atoms with E-state index >= 15 is 0 Å². The first-order valence-electron chi connectivity index (χ1n) is 10.8. The number of carbonyl (C=O) groups is 2. The molecule has 0 fully saturated rings. The average molecular weight is 478 g/mol. The molecule has 0 aromatic heterocycles. The average Bonchev–Trinajstić information content (AvgIpc) is 2.82. The normalized spacial score (nSPS) is 15.5. The Labute approximate surface area is 203 Å². The second-order valence-electron chi connectivity index (χ2n) is 7.84. The molecular weight excluding hydrogens is 450 g/mol. The molecule has 2 N–H and O–H groups in total. The Morgan fingerprint density at radius 1 is 1.15 bits per heavy atom. The lowest BCUT2D eigenvalue weighted by molar-refractivity contribution is -0.144. The molecule has 0 saturated carbocycles. The van der Waals surface area contributed by atoms with Crippen LogP contribution in [0.4, 0.5) is 5.69 Å². The number of thioether (sulfide) groups is 1. The van der Waals surface area contributed by atoms with Gasteiger partial charge in [-0.05, 0) is 38.5 Å². The third-order valence-corrected chi connectivity index (χ3v) is 6.07. The van der Waals surface area contributed by atoms with E-state index in [0.717, 1.165) is 5.56 Å². The number of hydrogen-bond acceptors (Lipinski definition) is 7. The van der Waals surface area contributed by atoms with Crippen molar-refractivity contribution >= 4 is 29.3 Å². The molecule has 2 aromatic carbocycles. The van der Waals surface area contributed by atoms with Crippen LogP contribution in [0.1, 0.15) is 32.3 Å². The van der Waals surface area contributed by atoms with Crippen LogP contribution in [0.3, 0.4) is 0 Å². The predicted octanol–water partition coefficient (Wildman–Crippen LogP) is 4.71. The van der Waals surface area contributed by atoms with E-state index in [1.165, 1.54) is 18.9 Å². The molecule has 0 saturated heterocycles. The van der Waals surface area contributed by atoms with Crippen molar-refractivity contribution in [1.29, 1.82) is 5.26 Å². The third kappa shape index (κ3) is 5.80. The maximum absolute atomic E-state index is 13.5. The molecule has 1 aliphatic heterocycles. The summed E-state index contributed by atoms with van der Waals surface area (Å²) in [7, 11) is 1.54. The molecule has 1 heterocycles. The number of rotatable bonds is 8. The molecule has 1 amide bonds. The van der Waals surface area contributed by atoms with Crippen LogP contribution >= 0.6 is 11.8 Å². The fraction of sp³-hybridized carbons (Fsp3) is 0.269. The van der Waals surface area contributed by atoms with Crippen LogP contribution < -0.4 is 15.4 Å². The highest BCUT2D eigenvalue weighted by Gasteiger charge is 2.35. The van der Waals surface area contributed by atoms with Crippen LogP contribution in [0.15, 0.2) is 76.5 Å². The highest BCUT2D eigenvalue weighted by Crippen LogP contribution is 2.41. The van der Waals surface area contributed by atoms with Gasteiger partial charge in [0.25, 0.3) is 5.91 Å². The van der Waals surface area contributed by atoms with Gasteiger partial charge in [-0.3, -0.25) is 9.59 Å². The summed E-state index contributed by atoms with van der Waals surface area (Å²) in [4.78, 5) is 25.6. The summed E-state index contributed by atoms with van der Waals surface area (Å²) in [5.41, 5.74) is 2.71. The summed E-state index contributed by atoms with van der Waals surface area (Å²) in [6.07, 6.45) is -0.221. The lowest BCUT2D eigenvalue weighted by Gasteiger charge is -2.30. The first kappa shape index (κ1) is 24.9. The van der Waals surface area contributed by atoms with Crippen LogP contribution in [0.25, 0.3) is 0 Å². The number of nitrogens with zero attached hydrogens (tertiary/aromatic N) is 1. The van der Waals surface area contributed by atoms with Crippen molar-refractivity contribution in [1.82, 2.24) is 5.32 Å². The number of ether oxygens (including phenoxy) is 2. The van der Waals surface area contributed by atoms with Gasteiger partial charge >= 0.3 is 5.97 Å². The van der Waals surface area contributed by atoms with Crippen molar-refractivity contribution in [3.05, 3.63) is 82.0 Å². The van der Waals surface area contributed by atoms with Gasteiger partial charge in [0.1, 0.15) is 5.75 Å². The Morgan fingerprint density at radius 3 is 2.47 bits per heavy atom. The van der Waals surface area contributed by atoms with E-state index in [0.29, 0.717) is 33.3 Å². The number of amides is 1. The Balaban J connectivity index is 1.98. The quantitative estimate of drug-likeness (QED) is 0.531. The Hall–Kier alpha value is -3.70. The van der Waals surface area contributed by atoms with Crippen molar-refractivity contribution < 1.29 is 19.1 Å². The number of dihydropyridines is 1. The van der Waals surface area contributed by atoms with Crippen LogP contribution in [0.5, 0.6) is 5.75 Å². The van der Waals surface area contributed by atoms with Gasteiger partial charge in [0.15, 0.2) is 0 Å². The number of anilines is 1. The number of para-hydroxylation sites is 2. The maximum atomic E-state index is 13.5. The van der Waals surface area contributed by atoms with E-state index in [1.807, 2.05) is 36.4 Å². The number of nitrogens with one attached hydrogen (secondary N) is 2. The Morgan fingerprint density at radius 2 is 1.82 bits per heavy atom. The topological polar surface area (TPSA) is 100 Å². The number of nitriles is 1. The molecule has 0 aliphatic carbocycles. The van der Waals surface area contributed by atoms with Gasteiger partial charge in [-0.2, -0.15) is 5.26 Å². The molecule has 0 bridgehead atoms. The van der Waals surface area contributed by atoms with Crippen molar-refractivity contribution in [2.75, 3.05) is 18.2 Å². The molecule has 0 spiro atoms. The lowest BCUT2D eigenvalue weighted by atomic mass is 9.82. The number of allylic oxidation sites excluding steroid dienone is 2. The zero-order valence-electron chi connectivity index (χ0n) is 19.5.